The van der Waals surface area contributed by atoms with Gasteiger partial charge >= 0.3 is 0 Å². The highest BCUT2D eigenvalue weighted by molar-refractivity contribution is 7.15. The molecule has 2 heterocycles. The maximum atomic E-state index is 4.86. The number of aromatic nitrogens is 2. The van der Waals surface area contributed by atoms with Crippen LogP contribution in [0.4, 0.5) is 0 Å². The Balaban J connectivity index is 2.05. The van der Waals surface area contributed by atoms with Gasteiger partial charge in [0.25, 0.3) is 0 Å². The zero-order valence-corrected chi connectivity index (χ0v) is 11.5. The molecule has 2 aromatic rings. The molecule has 1 atom stereocenters. The first kappa shape index (κ1) is 11.8. The first-order chi connectivity index (χ1) is 8.79. The summed E-state index contributed by atoms with van der Waals surface area (Å²) in [7, 11) is 2.02. The van der Waals surface area contributed by atoms with Crippen molar-refractivity contribution in [2.24, 2.45) is 0 Å². The summed E-state index contributed by atoms with van der Waals surface area (Å²) in [6.07, 6.45) is 7.39. The van der Waals surface area contributed by atoms with Gasteiger partial charge in [-0.25, -0.2) is 4.98 Å². The Hall–Kier alpha value is -1.26. The molecule has 3 rings (SSSR count). The molecule has 1 N–H and O–H groups in total. The van der Waals surface area contributed by atoms with Crippen molar-refractivity contribution in [3.8, 4) is 10.6 Å². The van der Waals surface area contributed by atoms with E-state index < -0.39 is 0 Å². The lowest BCUT2D eigenvalue weighted by Gasteiger charge is -2.19. The van der Waals surface area contributed by atoms with Crippen LogP contribution < -0.4 is 5.32 Å². The van der Waals surface area contributed by atoms with E-state index in [2.05, 4.69) is 23.3 Å². The van der Waals surface area contributed by atoms with Crippen LogP contribution in [0.1, 0.15) is 35.0 Å². The maximum Gasteiger partial charge on any atom is 0.124 e. The summed E-state index contributed by atoms with van der Waals surface area (Å²) in [6, 6.07) is 2.49. The van der Waals surface area contributed by atoms with Crippen molar-refractivity contribution in [2.45, 2.75) is 32.2 Å². The molecule has 1 aliphatic carbocycles. The summed E-state index contributed by atoms with van der Waals surface area (Å²) >= 11 is 1.84. The van der Waals surface area contributed by atoms with Crippen LogP contribution in [0.5, 0.6) is 0 Å². The lowest BCUT2D eigenvalue weighted by molar-refractivity contribution is 0.490. The van der Waals surface area contributed by atoms with Crippen molar-refractivity contribution >= 4 is 11.3 Å². The standard InChI is InChI=1S/C14H17N3S/c1-9-8-16-7-6-10(9)14-17-13-11(15-2)4-3-5-12(13)18-14/h6-8,11,15H,3-5H2,1-2H3. The molecule has 0 bridgehead atoms. The molecule has 3 nitrogen and oxygen atoms in total. The number of rotatable bonds is 2. The first-order valence-electron chi connectivity index (χ1n) is 6.37. The van der Waals surface area contributed by atoms with E-state index in [-0.39, 0.29) is 0 Å². The van der Waals surface area contributed by atoms with Crippen LogP contribution >= 0.6 is 11.3 Å². The highest BCUT2D eigenvalue weighted by Gasteiger charge is 2.24. The Kier molecular flexibility index (Phi) is 3.14. The van der Waals surface area contributed by atoms with Gasteiger partial charge in [0.05, 0.1) is 11.7 Å². The van der Waals surface area contributed by atoms with Crippen molar-refractivity contribution in [1.82, 2.24) is 15.3 Å². The van der Waals surface area contributed by atoms with Gasteiger partial charge in [0.2, 0.25) is 0 Å². The summed E-state index contributed by atoms with van der Waals surface area (Å²) in [5.74, 6) is 0. The molecule has 0 aromatic carbocycles. The fourth-order valence-corrected chi connectivity index (χ4v) is 3.78. The molecule has 4 heteroatoms. The topological polar surface area (TPSA) is 37.8 Å². The summed E-state index contributed by atoms with van der Waals surface area (Å²) in [4.78, 5) is 10.5. The van der Waals surface area contributed by atoms with Crippen molar-refractivity contribution in [1.29, 1.82) is 0 Å². The predicted molar refractivity (Wildman–Crippen MR) is 74.8 cm³/mol. The van der Waals surface area contributed by atoms with Crippen molar-refractivity contribution in [2.75, 3.05) is 7.05 Å². The van der Waals surface area contributed by atoms with Gasteiger partial charge in [0.15, 0.2) is 0 Å². The third kappa shape index (κ3) is 1.95. The van der Waals surface area contributed by atoms with Crippen LogP contribution in [0.3, 0.4) is 0 Å². The molecular weight excluding hydrogens is 242 g/mol. The van der Waals surface area contributed by atoms with Gasteiger partial charge in [-0.1, -0.05) is 0 Å². The Morgan fingerprint density at radius 2 is 2.33 bits per heavy atom. The zero-order valence-electron chi connectivity index (χ0n) is 10.7. The van der Waals surface area contributed by atoms with Gasteiger partial charge in [0, 0.05) is 22.8 Å². The van der Waals surface area contributed by atoms with Crippen LogP contribution in [-0.2, 0) is 6.42 Å². The van der Waals surface area contributed by atoms with Crippen LogP contribution in [-0.4, -0.2) is 17.0 Å². The second-order valence-corrected chi connectivity index (χ2v) is 5.84. The van der Waals surface area contributed by atoms with Crippen LogP contribution in [0.15, 0.2) is 18.5 Å². The number of pyridine rings is 1. The lowest BCUT2D eigenvalue weighted by Crippen LogP contribution is -2.21. The lowest BCUT2D eigenvalue weighted by atomic mass is 9.98. The van der Waals surface area contributed by atoms with Crippen LogP contribution in [0.25, 0.3) is 10.6 Å². The van der Waals surface area contributed by atoms with Crippen molar-refractivity contribution in [3.05, 3.63) is 34.6 Å². The molecule has 1 unspecified atom stereocenters. The molecule has 0 amide bonds. The Labute approximate surface area is 111 Å². The molecule has 0 saturated carbocycles. The third-order valence-corrected chi connectivity index (χ3v) is 4.72. The Morgan fingerprint density at radius 1 is 1.44 bits per heavy atom. The zero-order chi connectivity index (χ0) is 12.5. The third-order valence-electron chi connectivity index (χ3n) is 3.55. The fourth-order valence-electron chi connectivity index (χ4n) is 2.53. The smallest absolute Gasteiger partial charge is 0.124 e. The van der Waals surface area contributed by atoms with E-state index in [1.165, 1.54) is 41.0 Å². The molecule has 2 aromatic heterocycles. The molecule has 0 radical (unpaired) electrons. The van der Waals surface area contributed by atoms with Crippen LogP contribution in [0.2, 0.25) is 0 Å². The number of nitrogens with zero attached hydrogens (tertiary/aromatic N) is 2. The summed E-state index contributed by atoms with van der Waals surface area (Å²) < 4.78 is 0. The maximum absolute atomic E-state index is 4.86. The van der Waals surface area contributed by atoms with E-state index >= 15 is 0 Å². The molecule has 94 valence electrons. The predicted octanol–water partition coefficient (Wildman–Crippen LogP) is 3.11. The van der Waals surface area contributed by atoms with Crippen LogP contribution in [0, 0.1) is 6.92 Å². The molecule has 1 aliphatic rings. The number of aryl methyl sites for hydroxylation is 2. The minimum atomic E-state index is 0.431. The second kappa shape index (κ2) is 4.78. The molecule has 0 saturated heterocycles. The Bertz CT molecular complexity index is 562. The average Bonchev–Trinajstić information content (AvgIpc) is 2.82. The molecule has 0 fully saturated rings. The van der Waals surface area contributed by atoms with Crippen molar-refractivity contribution in [3.63, 3.8) is 0 Å². The largest absolute Gasteiger partial charge is 0.312 e. The number of thiazole rings is 1. The van der Waals surface area contributed by atoms with Gasteiger partial charge in [-0.15, -0.1) is 11.3 Å². The van der Waals surface area contributed by atoms with E-state index in [9.17, 15) is 0 Å². The minimum absolute atomic E-state index is 0.431. The molecule has 0 aliphatic heterocycles. The van der Waals surface area contributed by atoms with Gasteiger partial charge in [0.1, 0.15) is 5.01 Å². The van der Waals surface area contributed by atoms with E-state index in [4.69, 9.17) is 4.98 Å². The SMILES string of the molecule is CNC1CCCc2sc(-c3ccncc3C)nc21. The highest BCUT2D eigenvalue weighted by Crippen LogP contribution is 2.37. The highest BCUT2D eigenvalue weighted by atomic mass is 32.1. The van der Waals surface area contributed by atoms with E-state index in [1.54, 1.807) is 0 Å². The summed E-state index contributed by atoms with van der Waals surface area (Å²) in [6.45, 7) is 2.10. The van der Waals surface area contributed by atoms with Gasteiger partial charge < -0.3 is 5.32 Å². The number of hydrogen-bond acceptors (Lipinski definition) is 4. The summed E-state index contributed by atoms with van der Waals surface area (Å²) in [5.41, 5.74) is 3.68. The molecular formula is C14H17N3S. The van der Waals surface area contributed by atoms with E-state index in [1.807, 2.05) is 30.8 Å². The number of nitrogens with one attached hydrogen (secondary N) is 1. The molecule has 0 spiro atoms. The second-order valence-electron chi connectivity index (χ2n) is 4.75. The normalized spacial score (nSPS) is 18.7. The number of fused-ring (bicyclic) bond motifs is 1. The van der Waals surface area contributed by atoms with Gasteiger partial charge in [-0.3, -0.25) is 4.98 Å². The summed E-state index contributed by atoms with van der Waals surface area (Å²) in [5, 5.41) is 4.51. The van der Waals surface area contributed by atoms with Gasteiger partial charge in [-0.2, -0.15) is 0 Å². The Morgan fingerprint density at radius 3 is 3.11 bits per heavy atom. The quantitative estimate of drug-likeness (QED) is 0.900. The fraction of sp³-hybridized carbons (Fsp3) is 0.429. The average molecular weight is 259 g/mol. The van der Waals surface area contributed by atoms with Crippen molar-refractivity contribution < 1.29 is 0 Å². The van der Waals surface area contributed by atoms with E-state index in [0.717, 1.165) is 5.01 Å². The molecule has 18 heavy (non-hydrogen) atoms. The number of hydrogen-bond donors (Lipinski definition) is 1. The first-order valence-corrected chi connectivity index (χ1v) is 7.19. The monoisotopic (exact) mass is 259 g/mol. The minimum Gasteiger partial charge on any atom is -0.312 e. The van der Waals surface area contributed by atoms with E-state index in [0.29, 0.717) is 6.04 Å². The van der Waals surface area contributed by atoms with Gasteiger partial charge in [-0.05, 0) is 44.9 Å².